The van der Waals surface area contributed by atoms with Gasteiger partial charge in [-0.2, -0.15) is 0 Å². The molecule has 0 saturated carbocycles. The molecule has 1 aliphatic heterocycles. The van der Waals surface area contributed by atoms with E-state index >= 15 is 0 Å². The first kappa shape index (κ1) is 19.7. The van der Waals surface area contributed by atoms with Gasteiger partial charge in [-0.1, -0.05) is 60.6 Å². The van der Waals surface area contributed by atoms with Crippen LogP contribution < -0.4 is 5.32 Å². The van der Waals surface area contributed by atoms with Gasteiger partial charge in [-0.25, -0.2) is 0 Å². The largest absolute Gasteiger partial charge is 0.344 e. The van der Waals surface area contributed by atoms with Gasteiger partial charge in [-0.3, -0.25) is 9.59 Å². The van der Waals surface area contributed by atoms with Gasteiger partial charge in [-0.15, -0.1) is 0 Å². The van der Waals surface area contributed by atoms with Crippen molar-refractivity contribution in [2.45, 2.75) is 67.3 Å². The van der Waals surface area contributed by atoms with Crippen LogP contribution in [-0.4, -0.2) is 35.8 Å². The van der Waals surface area contributed by atoms with E-state index in [0.29, 0.717) is 12.3 Å². The lowest BCUT2D eigenvalue weighted by molar-refractivity contribution is -0.138. The van der Waals surface area contributed by atoms with Crippen LogP contribution in [0.2, 0.25) is 0 Å². The number of amides is 2. The van der Waals surface area contributed by atoms with Crippen LogP contribution in [0.15, 0.2) is 12.2 Å². The molecule has 4 heteroatoms. The molecular weight excluding hydrogens is 288 g/mol. The van der Waals surface area contributed by atoms with E-state index in [4.69, 9.17) is 0 Å². The number of hydrogen-bond donors (Lipinski definition) is 1. The highest BCUT2D eigenvalue weighted by Crippen LogP contribution is 2.36. The first-order chi connectivity index (χ1) is 10.5. The molecule has 2 unspecified atom stereocenters. The SMILES string of the molecule is CC/C=C\CC(=O)NC(C(=O)N1CC(C)C(C)(C)C1)C(C)(C)C. The van der Waals surface area contributed by atoms with Crippen LogP contribution in [0.4, 0.5) is 0 Å². The average Bonchev–Trinajstić information content (AvgIpc) is 2.68. The number of carbonyl (C=O) groups is 2. The monoisotopic (exact) mass is 322 g/mol. The van der Waals surface area contributed by atoms with Crippen LogP contribution in [0.3, 0.4) is 0 Å². The molecule has 0 radical (unpaired) electrons. The van der Waals surface area contributed by atoms with Crippen LogP contribution in [-0.2, 0) is 9.59 Å². The molecule has 1 fully saturated rings. The highest BCUT2D eigenvalue weighted by Gasteiger charge is 2.43. The molecule has 2 atom stereocenters. The van der Waals surface area contributed by atoms with E-state index in [1.54, 1.807) is 0 Å². The summed E-state index contributed by atoms with van der Waals surface area (Å²) < 4.78 is 0. The molecule has 0 aromatic heterocycles. The average molecular weight is 322 g/mol. The molecule has 1 aliphatic rings. The fraction of sp³-hybridized carbons (Fsp3) is 0.789. The number of carbonyl (C=O) groups excluding carboxylic acids is 2. The summed E-state index contributed by atoms with van der Waals surface area (Å²) in [7, 11) is 0. The second kappa shape index (κ2) is 7.50. The maximum atomic E-state index is 13.0. The molecule has 0 aliphatic carbocycles. The molecule has 0 aromatic carbocycles. The van der Waals surface area contributed by atoms with E-state index < -0.39 is 6.04 Å². The van der Waals surface area contributed by atoms with Gasteiger partial charge in [0.15, 0.2) is 0 Å². The number of allylic oxidation sites excluding steroid dienone is 1. The molecule has 1 heterocycles. The number of nitrogens with one attached hydrogen (secondary N) is 1. The van der Waals surface area contributed by atoms with Crippen molar-refractivity contribution < 1.29 is 9.59 Å². The summed E-state index contributed by atoms with van der Waals surface area (Å²) in [5.41, 5.74) is -0.177. The lowest BCUT2D eigenvalue weighted by Gasteiger charge is -2.34. The Balaban J connectivity index is 2.81. The van der Waals surface area contributed by atoms with Crippen molar-refractivity contribution in [1.82, 2.24) is 10.2 Å². The van der Waals surface area contributed by atoms with Crippen LogP contribution in [0.1, 0.15) is 61.3 Å². The van der Waals surface area contributed by atoms with E-state index in [1.807, 2.05) is 44.7 Å². The van der Waals surface area contributed by atoms with E-state index in [-0.39, 0.29) is 22.6 Å². The maximum Gasteiger partial charge on any atom is 0.245 e. The minimum Gasteiger partial charge on any atom is -0.344 e. The van der Waals surface area contributed by atoms with E-state index in [2.05, 4.69) is 26.1 Å². The van der Waals surface area contributed by atoms with Crippen molar-refractivity contribution in [2.75, 3.05) is 13.1 Å². The first-order valence-electron chi connectivity index (χ1n) is 8.72. The highest BCUT2D eigenvalue weighted by atomic mass is 16.2. The molecule has 1 rings (SSSR count). The Morgan fingerprint density at radius 1 is 1.30 bits per heavy atom. The van der Waals surface area contributed by atoms with Crippen molar-refractivity contribution in [1.29, 1.82) is 0 Å². The molecule has 2 amide bonds. The Hall–Kier alpha value is -1.32. The lowest BCUT2D eigenvalue weighted by atomic mass is 9.83. The molecule has 1 saturated heterocycles. The summed E-state index contributed by atoms with van der Waals surface area (Å²) in [5.74, 6) is 0.424. The van der Waals surface area contributed by atoms with Crippen LogP contribution in [0.5, 0.6) is 0 Å². The Labute approximate surface area is 141 Å². The fourth-order valence-electron chi connectivity index (χ4n) is 2.87. The normalized spacial score (nSPS) is 22.4. The third kappa shape index (κ3) is 5.36. The number of rotatable bonds is 5. The summed E-state index contributed by atoms with van der Waals surface area (Å²) in [6.07, 6.45) is 5.07. The van der Waals surface area contributed by atoms with Crippen molar-refractivity contribution in [2.24, 2.45) is 16.7 Å². The van der Waals surface area contributed by atoms with Gasteiger partial charge >= 0.3 is 0 Å². The van der Waals surface area contributed by atoms with Gasteiger partial charge in [0.1, 0.15) is 6.04 Å². The molecule has 23 heavy (non-hydrogen) atoms. The Bertz CT molecular complexity index is 460. The predicted octanol–water partition coefficient (Wildman–Crippen LogP) is 3.38. The maximum absolute atomic E-state index is 13.0. The Morgan fingerprint density at radius 3 is 2.35 bits per heavy atom. The predicted molar refractivity (Wildman–Crippen MR) is 95.0 cm³/mol. The van der Waals surface area contributed by atoms with E-state index in [9.17, 15) is 9.59 Å². The van der Waals surface area contributed by atoms with Crippen LogP contribution in [0.25, 0.3) is 0 Å². The van der Waals surface area contributed by atoms with Gasteiger partial charge in [0.05, 0.1) is 0 Å². The van der Waals surface area contributed by atoms with Crippen molar-refractivity contribution in [3.05, 3.63) is 12.2 Å². The molecule has 4 nitrogen and oxygen atoms in total. The summed E-state index contributed by atoms with van der Waals surface area (Å²) in [4.78, 5) is 27.1. The molecular formula is C19H34N2O2. The Kier molecular flexibility index (Phi) is 6.43. The zero-order valence-corrected chi connectivity index (χ0v) is 15.9. The second-order valence-electron chi connectivity index (χ2n) is 8.56. The first-order valence-corrected chi connectivity index (χ1v) is 8.72. The van der Waals surface area contributed by atoms with Gasteiger partial charge in [0.2, 0.25) is 11.8 Å². The van der Waals surface area contributed by atoms with Crippen LogP contribution in [0, 0.1) is 16.7 Å². The molecule has 0 bridgehead atoms. The van der Waals surface area contributed by atoms with E-state index in [0.717, 1.165) is 19.5 Å². The molecule has 1 N–H and O–H groups in total. The molecule has 0 aromatic rings. The second-order valence-corrected chi connectivity index (χ2v) is 8.56. The van der Waals surface area contributed by atoms with Crippen LogP contribution >= 0.6 is 0 Å². The van der Waals surface area contributed by atoms with Gasteiger partial charge in [-0.05, 0) is 23.2 Å². The molecule has 0 spiro atoms. The van der Waals surface area contributed by atoms with Crippen molar-refractivity contribution >= 4 is 11.8 Å². The zero-order valence-electron chi connectivity index (χ0n) is 15.9. The number of hydrogen-bond acceptors (Lipinski definition) is 2. The van der Waals surface area contributed by atoms with Crippen molar-refractivity contribution in [3.8, 4) is 0 Å². The number of nitrogens with zero attached hydrogens (tertiary/aromatic N) is 1. The van der Waals surface area contributed by atoms with Crippen molar-refractivity contribution in [3.63, 3.8) is 0 Å². The zero-order chi connectivity index (χ0) is 17.8. The minimum atomic E-state index is -0.480. The quantitative estimate of drug-likeness (QED) is 0.789. The van der Waals surface area contributed by atoms with Gasteiger partial charge in [0.25, 0.3) is 0 Å². The lowest BCUT2D eigenvalue weighted by Crippen LogP contribution is -2.54. The molecule has 132 valence electrons. The summed E-state index contributed by atoms with van der Waals surface area (Å²) in [6.45, 7) is 16.2. The third-order valence-electron chi connectivity index (χ3n) is 4.86. The smallest absolute Gasteiger partial charge is 0.245 e. The highest BCUT2D eigenvalue weighted by molar-refractivity contribution is 5.89. The van der Waals surface area contributed by atoms with E-state index in [1.165, 1.54) is 0 Å². The van der Waals surface area contributed by atoms with Gasteiger partial charge < -0.3 is 10.2 Å². The standard InChI is InChI=1S/C19H34N2O2/c1-8-9-10-11-15(22)20-16(18(3,4)5)17(23)21-12-14(2)19(6,7)13-21/h9-10,14,16H,8,11-13H2,1-7H3,(H,20,22)/b10-9-. The summed E-state index contributed by atoms with van der Waals surface area (Å²) >= 11 is 0. The third-order valence-corrected chi connectivity index (χ3v) is 4.86. The minimum absolute atomic E-state index is 0.0442. The summed E-state index contributed by atoms with van der Waals surface area (Å²) in [6, 6.07) is -0.480. The van der Waals surface area contributed by atoms with Gasteiger partial charge in [0, 0.05) is 19.5 Å². The number of likely N-dealkylation sites (tertiary alicyclic amines) is 1. The Morgan fingerprint density at radius 2 is 1.91 bits per heavy atom. The topological polar surface area (TPSA) is 49.4 Å². The fourth-order valence-corrected chi connectivity index (χ4v) is 2.87. The summed E-state index contributed by atoms with van der Waals surface area (Å²) in [5, 5.41) is 2.95.